The van der Waals surface area contributed by atoms with Gasteiger partial charge >= 0.3 is 0 Å². The maximum absolute atomic E-state index is 12.6. The number of nitrogen functional groups attached to an aromatic ring is 1. The van der Waals surface area contributed by atoms with Gasteiger partial charge in [0.15, 0.2) is 0 Å². The van der Waals surface area contributed by atoms with Crippen LogP contribution in [0.25, 0.3) is 0 Å². The fourth-order valence-electron chi connectivity index (χ4n) is 2.83. The highest BCUT2D eigenvalue weighted by Crippen LogP contribution is 2.23. The van der Waals surface area contributed by atoms with Crippen LogP contribution >= 0.6 is 0 Å². The van der Waals surface area contributed by atoms with Crippen LogP contribution in [0.4, 0.5) is 5.69 Å². The number of carbonyl (C=O) groups excluding carboxylic acids is 1. The second kappa shape index (κ2) is 5.21. The van der Waals surface area contributed by atoms with Crippen molar-refractivity contribution in [2.75, 3.05) is 32.9 Å². The molecule has 4 nitrogen and oxygen atoms in total. The van der Waals surface area contributed by atoms with Gasteiger partial charge in [0.05, 0.1) is 0 Å². The Morgan fingerprint density at radius 3 is 2.63 bits per heavy atom. The highest BCUT2D eigenvalue weighted by atomic mass is 16.2. The Morgan fingerprint density at radius 1 is 1.37 bits per heavy atom. The summed E-state index contributed by atoms with van der Waals surface area (Å²) in [5.74, 6) is 0.598. The van der Waals surface area contributed by atoms with E-state index in [-0.39, 0.29) is 5.91 Å². The SMILES string of the molecule is Cc1ccc(N)cc1C(=O)N1CC(C)C(N(C)C)C1. The number of hydrogen-bond acceptors (Lipinski definition) is 3. The second-order valence-electron chi connectivity index (χ2n) is 5.79. The molecule has 2 atom stereocenters. The molecule has 1 fully saturated rings. The lowest BCUT2D eigenvalue weighted by Gasteiger charge is -2.22. The van der Waals surface area contributed by atoms with E-state index in [2.05, 4.69) is 25.9 Å². The molecule has 1 heterocycles. The molecule has 0 bridgehead atoms. The monoisotopic (exact) mass is 261 g/mol. The molecule has 1 aliphatic heterocycles. The number of nitrogens with zero attached hydrogens (tertiary/aromatic N) is 2. The number of amides is 1. The summed E-state index contributed by atoms with van der Waals surface area (Å²) in [6.07, 6.45) is 0. The third kappa shape index (κ3) is 2.73. The van der Waals surface area contributed by atoms with Crippen LogP contribution in [-0.2, 0) is 0 Å². The number of carbonyl (C=O) groups is 1. The summed E-state index contributed by atoms with van der Waals surface area (Å²) in [4.78, 5) is 16.7. The number of hydrogen-bond donors (Lipinski definition) is 1. The van der Waals surface area contributed by atoms with Crippen LogP contribution in [0.15, 0.2) is 18.2 Å². The fourth-order valence-corrected chi connectivity index (χ4v) is 2.83. The van der Waals surface area contributed by atoms with Gasteiger partial charge in [0, 0.05) is 30.4 Å². The Balaban J connectivity index is 2.19. The van der Waals surface area contributed by atoms with E-state index in [9.17, 15) is 4.79 Å². The van der Waals surface area contributed by atoms with Gasteiger partial charge in [0.25, 0.3) is 5.91 Å². The van der Waals surface area contributed by atoms with E-state index in [4.69, 9.17) is 5.73 Å². The van der Waals surface area contributed by atoms with Gasteiger partial charge in [-0.3, -0.25) is 4.79 Å². The van der Waals surface area contributed by atoms with Crippen molar-refractivity contribution < 1.29 is 4.79 Å². The van der Waals surface area contributed by atoms with Crippen LogP contribution in [0.3, 0.4) is 0 Å². The summed E-state index contributed by atoms with van der Waals surface area (Å²) in [5, 5.41) is 0. The Morgan fingerprint density at radius 2 is 2.05 bits per heavy atom. The first-order valence-electron chi connectivity index (χ1n) is 6.72. The van der Waals surface area contributed by atoms with Crippen LogP contribution in [0.1, 0.15) is 22.8 Å². The van der Waals surface area contributed by atoms with Crippen molar-refractivity contribution in [1.82, 2.24) is 9.80 Å². The van der Waals surface area contributed by atoms with E-state index >= 15 is 0 Å². The van der Waals surface area contributed by atoms with Gasteiger partial charge in [-0.25, -0.2) is 0 Å². The van der Waals surface area contributed by atoms with Crippen LogP contribution < -0.4 is 5.73 Å². The Labute approximate surface area is 115 Å². The second-order valence-corrected chi connectivity index (χ2v) is 5.79. The van der Waals surface area contributed by atoms with Crippen LogP contribution in [0.2, 0.25) is 0 Å². The van der Waals surface area contributed by atoms with Crippen molar-refractivity contribution in [3.8, 4) is 0 Å². The molecule has 0 aliphatic carbocycles. The van der Waals surface area contributed by atoms with Crippen molar-refractivity contribution in [2.45, 2.75) is 19.9 Å². The van der Waals surface area contributed by atoms with Crippen LogP contribution in [0.5, 0.6) is 0 Å². The minimum absolute atomic E-state index is 0.0981. The number of likely N-dealkylation sites (tertiary alicyclic amines) is 1. The Hall–Kier alpha value is -1.55. The van der Waals surface area contributed by atoms with E-state index < -0.39 is 0 Å². The molecule has 0 radical (unpaired) electrons. The molecule has 0 aromatic heterocycles. The molecule has 1 saturated heterocycles. The lowest BCUT2D eigenvalue weighted by atomic mass is 10.1. The van der Waals surface area contributed by atoms with E-state index in [0.717, 1.165) is 24.2 Å². The van der Waals surface area contributed by atoms with E-state index in [1.165, 1.54) is 0 Å². The highest BCUT2D eigenvalue weighted by Gasteiger charge is 2.34. The Kier molecular flexibility index (Phi) is 3.80. The summed E-state index contributed by atoms with van der Waals surface area (Å²) in [6.45, 7) is 5.76. The lowest BCUT2D eigenvalue weighted by molar-refractivity contribution is 0.0781. The Bertz CT molecular complexity index is 484. The molecule has 2 N–H and O–H groups in total. The average molecular weight is 261 g/mol. The first-order chi connectivity index (χ1) is 8.90. The minimum atomic E-state index is 0.0981. The first kappa shape index (κ1) is 13.9. The average Bonchev–Trinajstić information content (AvgIpc) is 2.74. The van der Waals surface area contributed by atoms with Crippen molar-refractivity contribution in [3.05, 3.63) is 29.3 Å². The van der Waals surface area contributed by atoms with E-state index in [1.54, 1.807) is 6.07 Å². The quantitative estimate of drug-likeness (QED) is 0.823. The van der Waals surface area contributed by atoms with Crippen LogP contribution in [0, 0.1) is 12.8 Å². The first-order valence-corrected chi connectivity index (χ1v) is 6.72. The molecular weight excluding hydrogens is 238 g/mol. The van der Waals surface area contributed by atoms with Crippen LogP contribution in [-0.4, -0.2) is 48.9 Å². The molecule has 1 aromatic carbocycles. The van der Waals surface area contributed by atoms with Gasteiger partial charge in [-0.2, -0.15) is 0 Å². The zero-order chi connectivity index (χ0) is 14.2. The van der Waals surface area contributed by atoms with Gasteiger partial charge in [0.2, 0.25) is 0 Å². The predicted octanol–water partition coefficient (Wildman–Crippen LogP) is 1.60. The van der Waals surface area contributed by atoms with Crippen molar-refractivity contribution in [3.63, 3.8) is 0 Å². The summed E-state index contributed by atoms with van der Waals surface area (Å²) >= 11 is 0. The van der Waals surface area contributed by atoms with Gasteiger partial charge < -0.3 is 15.5 Å². The molecule has 0 spiro atoms. The summed E-state index contributed by atoms with van der Waals surface area (Å²) in [6, 6.07) is 5.96. The maximum atomic E-state index is 12.6. The molecule has 0 saturated carbocycles. The molecular formula is C15H23N3O. The topological polar surface area (TPSA) is 49.6 Å². The van der Waals surface area contributed by atoms with Crippen molar-refractivity contribution in [1.29, 1.82) is 0 Å². The molecule has 1 aromatic rings. The normalized spacial score (nSPS) is 23.1. The lowest BCUT2D eigenvalue weighted by Crippen LogP contribution is -2.36. The van der Waals surface area contributed by atoms with Crippen molar-refractivity contribution >= 4 is 11.6 Å². The highest BCUT2D eigenvalue weighted by molar-refractivity contribution is 5.96. The standard InChI is InChI=1S/C15H23N3O/c1-10-5-6-12(16)7-13(10)15(19)18-8-11(2)14(9-18)17(3)4/h5-7,11,14H,8-9,16H2,1-4H3. The smallest absolute Gasteiger partial charge is 0.254 e. The predicted molar refractivity (Wildman–Crippen MR) is 78.1 cm³/mol. The largest absolute Gasteiger partial charge is 0.399 e. The molecule has 104 valence electrons. The van der Waals surface area contributed by atoms with Crippen molar-refractivity contribution in [2.24, 2.45) is 5.92 Å². The van der Waals surface area contributed by atoms with E-state index in [1.807, 2.05) is 24.0 Å². The number of anilines is 1. The number of likely N-dealkylation sites (N-methyl/N-ethyl adjacent to an activating group) is 1. The summed E-state index contributed by atoms with van der Waals surface area (Å²) < 4.78 is 0. The zero-order valence-corrected chi connectivity index (χ0v) is 12.2. The minimum Gasteiger partial charge on any atom is -0.399 e. The number of nitrogens with two attached hydrogens (primary N) is 1. The molecule has 1 aliphatic rings. The third-order valence-corrected chi connectivity index (χ3v) is 4.02. The molecule has 2 unspecified atom stereocenters. The van der Waals surface area contributed by atoms with Gasteiger partial charge in [0.1, 0.15) is 0 Å². The van der Waals surface area contributed by atoms with Gasteiger partial charge in [-0.1, -0.05) is 13.0 Å². The summed E-state index contributed by atoms with van der Waals surface area (Å²) in [7, 11) is 4.14. The van der Waals surface area contributed by atoms with Gasteiger partial charge in [-0.05, 0) is 44.6 Å². The van der Waals surface area contributed by atoms with E-state index in [0.29, 0.717) is 17.6 Å². The summed E-state index contributed by atoms with van der Waals surface area (Å²) in [5.41, 5.74) is 8.15. The molecule has 4 heteroatoms. The number of rotatable bonds is 2. The molecule has 2 rings (SSSR count). The number of benzene rings is 1. The zero-order valence-electron chi connectivity index (χ0n) is 12.2. The maximum Gasteiger partial charge on any atom is 0.254 e. The molecule has 1 amide bonds. The third-order valence-electron chi connectivity index (χ3n) is 4.02. The fraction of sp³-hybridized carbons (Fsp3) is 0.533. The number of aryl methyl sites for hydroxylation is 1. The molecule has 19 heavy (non-hydrogen) atoms. The van der Waals surface area contributed by atoms with Gasteiger partial charge in [-0.15, -0.1) is 0 Å².